The molecular formula is C13H18ClFN2O. The predicted octanol–water partition coefficient (Wildman–Crippen LogP) is 1.99. The fraction of sp³-hybridized carbons (Fsp3) is 0.462. The van der Waals surface area contributed by atoms with Crippen molar-refractivity contribution in [2.75, 3.05) is 26.2 Å². The molecule has 18 heavy (non-hydrogen) atoms. The Kier molecular flexibility index (Phi) is 5.56. The topological polar surface area (TPSA) is 32.3 Å². The van der Waals surface area contributed by atoms with Crippen LogP contribution in [0.3, 0.4) is 0 Å². The number of benzene rings is 1. The Morgan fingerprint density at radius 1 is 1.33 bits per heavy atom. The fourth-order valence-electron chi connectivity index (χ4n) is 2.04. The van der Waals surface area contributed by atoms with Crippen LogP contribution in [-0.4, -0.2) is 37.0 Å². The lowest BCUT2D eigenvalue weighted by Crippen LogP contribution is -2.34. The van der Waals surface area contributed by atoms with E-state index in [0.29, 0.717) is 12.1 Å². The first-order valence-corrected chi connectivity index (χ1v) is 5.94. The van der Waals surface area contributed by atoms with Gasteiger partial charge in [-0.1, -0.05) is 6.07 Å². The smallest absolute Gasteiger partial charge is 0.254 e. The Hall–Kier alpha value is -1.13. The molecule has 1 aliphatic heterocycles. The van der Waals surface area contributed by atoms with Gasteiger partial charge in [0.1, 0.15) is 5.82 Å². The van der Waals surface area contributed by atoms with E-state index in [0.717, 1.165) is 31.6 Å². The van der Waals surface area contributed by atoms with Gasteiger partial charge in [0.05, 0.1) is 0 Å². The molecule has 0 aromatic heterocycles. The van der Waals surface area contributed by atoms with E-state index >= 15 is 0 Å². The zero-order chi connectivity index (χ0) is 12.3. The molecule has 0 spiro atoms. The number of hydrogen-bond donors (Lipinski definition) is 1. The second-order valence-corrected chi connectivity index (χ2v) is 4.35. The third kappa shape index (κ3) is 3.43. The van der Waals surface area contributed by atoms with E-state index in [4.69, 9.17) is 0 Å². The molecular weight excluding hydrogens is 255 g/mol. The molecule has 100 valence electrons. The highest BCUT2D eigenvalue weighted by molar-refractivity contribution is 5.95. The van der Waals surface area contributed by atoms with Crippen molar-refractivity contribution in [3.63, 3.8) is 0 Å². The van der Waals surface area contributed by atoms with Crippen molar-refractivity contribution >= 4 is 18.3 Å². The summed E-state index contributed by atoms with van der Waals surface area (Å²) >= 11 is 0. The molecule has 1 amide bonds. The van der Waals surface area contributed by atoms with E-state index < -0.39 is 0 Å². The van der Waals surface area contributed by atoms with Crippen LogP contribution in [0.4, 0.5) is 4.39 Å². The van der Waals surface area contributed by atoms with Crippen LogP contribution in [0, 0.1) is 12.7 Å². The van der Waals surface area contributed by atoms with Crippen LogP contribution in [0.1, 0.15) is 22.3 Å². The molecule has 3 nitrogen and oxygen atoms in total. The lowest BCUT2D eigenvalue weighted by molar-refractivity contribution is 0.0765. The molecule has 0 bridgehead atoms. The summed E-state index contributed by atoms with van der Waals surface area (Å²) in [4.78, 5) is 14.1. The average molecular weight is 273 g/mol. The number of aryl methyl sites for hydroxylation is 1. The van der Waals surface area contributed by atoms with Gasteiger partial charge in [0.15, 0.2) is 0 Å². The average Bonchev–Trinajstić information content (AvgIpc) is 2.60. The van der Waals surface area contributed by atoms with Gasteiger partial charge in [-0.05, 0) is 37.6 Å². The molecule has 1 aromatic carbocycles. The first-order chi connectivity index (χ1) is 8.18. The van der Waals surface area contributed by atoms with E-state index in [-0.39, 0.29) is 24.1 Å². The minimum absolute atomic E-state index is 0. The summed E-state index contributed by atoms with van der Waals surface area (Å²) in [6.07, 6.45) is 0.945. The maximum atomic E-state index is 13.2. The van der Waals surface area contributed by atoms with Crippen LogP contribution in [0.2, 0.25) is 0 Å². The normalized spacial score (nSPS) is 15.8. The molecule has 1 saturated heterocycles. The van der Waals surface area contributed by atoms with Crippen molar-refractivity contribution in [1.29, 1.82) is 0 Å². The monoisotopic (exact) mass is 272 g/mol. The molecule has 1 heterocycles. The Labute approximate surface area is 113 Å². The van der Waals surface area contributed by atoms with Crippen molar-refractivity contribution in [3.8, 4) is 0 Å². The minimum Gasteiger partial charge on any atom is -0.337 e. The van der Waals surface area contributed by atoms with Gasteiger partial charge >= 0.3 is 0 Å². The Bertz CT molecular complexity index is 417. The standard InChI is InChI=1S/C13H17FN2O.ClH/c1-10-3-4-11(14)9-12(10)13(17)16-7-2-5-15-6-8-16;/h3-4,9,15H,2,5-8H2,1H3;1H. The highest BCUT2D eigenvalue weighted by Gasteiger charge is 2.18. The van der Waals surface area contributed by atoms with E-state index in [1.54, 1.807) is 11.0 Å². The molecule has 1 aromatic rings. The molecule has 0 unspecified atom stereocenters. The van der Waals surface area contributed by atoms with E-state index in [1.165, 1.54) is 12.1 Å². The molecule has 2 rings (SSSR count). The Morgan fingerprint density at radius 2 is 2.11 bits per heavy atom. The van der Waals surface area contributed by atoms with Crippen molar-refractivity contribution in [3.05, 3.63) is 35.1 Å². The number of carbonyl (C=O) groups excluding carboxylic acids is 1. The van der Waals surface area contributed by atoms with Gasteiger partial charge in [-0.3, -0.25) is 4.79 Å². The number of nitrogens with zero attached hydrogens (tertiary/aromatic N) is 1. The Balaban J connectivity index is 0.00000162. The third-order valence-corrected chi connectivity index (χ3v) is 3.06. The van der Waals surface area contributed by atoms with Crippen LogP contribution in [-0.2, 0) is 0 Å². The highest BCUT2D eigenvalue weighted by Crippen LogP contribution is 2.13. The lowest BCUT2D eigenvalue weighted by Gasteiger charge is -2.20. The van der Waals surface area contributed by atoms with Gasteiger partial charge in [0, 0.05) is 25.2 Å². The molecule has 0 radical (unpaired) electrons. The molecule has 1 N–H and O–H groups in total. The zero-order valence-corrected chi connectivity index (χ0v) is 11.2. The molecule has 0 atom stereocenters. The van der Waals surface area contributed by atoms with Crippen molar-refractivity contribution in [1.82, 2.24) is 10.2 Å². The number of amides is 1. The van der Waals surface area contributed by atoms with Crippen LogP contribution >= 0.6 is 12.4 Å². The zero-order valence-electron chi connectivity index (χ0n) is 10.4. The van der Waals surface area contributed by atoms with Gasteiger partial charge < -0.3 is 10.2 Å². The summed E-state index contributed by atoms with van der Waals surface area (Å²) in [5.41, 5.74) is 1.31. The molecule has 5 heteroatoms. The maximum Gasteiger partial charge on any atom is 0.254 e. The van der Waals surface area contributed by atoms with Gasteiger partial charge in [0.2, 0.25) is 0 Å². The SMILES string of the molecule is Cc1ccc(F)cc1C(=O)N1CCCNCC1.Cl. The van der Waals surface area contributed by atoms with Crippen LogP contribution in [0.25, 0.3) is 0 Å². The minimum atomic E-state index is -0.355. The molecule has 0 saturated carbocycles. The van der Waals surface area contributed by atoms with Crippen LogP contribution < -0.4 is 5.32 Å². The largest absolute Gasteiger partial charge is 0.337 e. The maximum absolute atomic E-state index is 13.2. The predicted molar refractivity (Wildman–Crippen MR) is 71.8 cm³/mol. The van der Waals surface area contributed by atoms with Crippen LogP contribution in [0.15, 0.2) is 18.2 Å². The summed E-state index contributed by atoms with van der Waals surface area (Å²) in [6.45, 7) is 5.01. The van der Waals surface area contributed by atoms with Gasteiger partial charge in [-0.25, -0.2) is 4.39 Å². The summed E-state index contributed by atoms with van der Waals surface area (Å²) in [5.74, 6) is -0.419. The molecule has 0 aliphatic carbocycles. The van der Waals surface area contributed by atoms with Crippen LogP contribution in [0.5, 0.6) is 0 Å². The first kappa shape index (κ1) is 14.9. The van der Waals surface area contributed by atoms with Gasteiger partial charge in [-0.2, -0.15) is 0 Å². The summed E-state index contributed by atoms with van der Waals surface area (Å²) in [6, 6.07) is 4.37. The first-order valence-electron chi connectivity index (χ1n) is 5.94. The Morgan fingerprint density at radius 3 is 2.89 bits per heavy atom. The summed E-state index contributed by atoms with van der Waals surface area (Å²) in [5, 5.41) is 3.24. The van der Waals surface area contributed by atoms with E-state index in [1.807, 2.05) is 6.92 Å². The van der Waals surface area contributed by atoms with Crippen molar-refractivity contribution < 1.29 is 9.18 Å². The van der Waals surface area contributed by atoms with Crippen molar-refractivity contribution in [2.45, 2.75) is 13.3 Å². The van der Waals surface area contributed by atoms with Gasteiger partial charge in [-0.15, -0.1) is 12.4 Å². The molecule has 1 fully saturated rings. The number of hydrogen-bond acceptors (Lipinski definition) is 2. The third-order valence-electron chi connectivity index (χ3n) is 3.06. The summed E-state index contributed by atoms with van der Waals surface area (Å²) in [7, 11) is 0. The van der Waals surface area contributed by atoms with E-state index in [2.05, 4.69) is 5.32 Å². The van der Waals surface area contributed by atoms with Gasteiger partial charge in [0.25, 0.3) is 5.91 Å². The number of nitrogens with one attached hydrogen (secondary N) is 1. The lowest BCUT2D eigenvalue weighted by atomic mass is 10.1. The molecule has 1 aliphatic rings. The number of carbonyl (C=O) groups is 1. The summed E-state index contributed by atoms with van der Waals surface area (Å²) < 4.78 is 13.2. The second kappa shape index (κ2) is 6.71. The van der Waals surface area contributed by atoms with E-state index in [9.17, 15) is 9.18 Å². The quantitative estimate of drug-likeness (QED) is 0.848. The second-order valence-electron chi connectivity index (χ2n) is 4.35. The van der Waals surface area contributed by atoms with Crippen molar-refractivity contribution in [2.24, 2.45) is 0 Å². The highest BCUT2D eigenvalue weighted by atomic mass is 35.5. The number of halogens is 2. The number of rotatable bonds is 1. The fourth-order valence-corrected chi connectivity index (χ4v) is 2.04.